The quantitative estimate of drug-likeness (QED) is 0.663. The Morgan fingerprint density at radius 1 is 1.12 bits per heavy atom. The molecule has 0 saturated carbocycles. The van der Waals surface area contributed by atoms with Crippen molar-refractivity contribution in [2.45, 2.75) is 40.3 Å². The molecule has 0 unspecified atom stereocenters. The summed E-state index contributed by atoms with van der Waals surface area (Å²) in [7, 11) is 1.64. The van der Waals surface area contributed by atoms with Gasteiger partial charge in [0.05, 0.1) is 18.0 Å². The summed E-state index contributed by atoms with van der Waals surface area (Å²) in [5.74, 6) is 0.0133. The number of carboxylic acids is 1. The van der Waals surface area contributed by atoms with Crippen LogP contribution in [0.3, 0.4) is 0 Å². The van der Waals surface area contributed by atoms with E-state index in [1.807, 2.05) is 18.2 Å². The molecule has 0 radical (unpaired) electrons. The zero-order valence-electron chi connectivity index (χ0n) is 15.8. The van der Waals surface area contributed by atoms with Crippen LogP contribution in [0.25, 0.3) is 0 Å². The van der Waals surface area contributed by atoms with Crippen molar-refractivity contribution < 1.29 is 14.6 Å². The SMILES string of the molecule is COc1ccc(CN(CCC(=O)O)Cc2c(C)cc(C)cc2C)cc1Br. The molecule has 2 aromatic rings. The highest BCUT2D eigenvalue weighted by molar-refractivity contribution is 9.10. The highest BCUT2D eigenvalue weighted by Gasteiger charge is 2.14. The first-order chi connectivity index (χ1) is 12.3. The summed E-state index contributed by atoms with van der Waals surface area (Å²) in [6.07, 6.45) is 0.126. The van der Waals surface area contributed by atoms with Gasteiger partial charge in [-0.3, -0.25) is 9.69 Å². The molecule has 2 aromatic carbocycles. The van der Waals surface area contributed by atoms with Gasteiger partial charge >= 0.3 is 5.97 Å². The molecule has 0 atom stereocenters. The minimum Gasteiger partial charge on any atom is -0.496 e. The molecule has 0 heterocycles. The Morgan fingerprint density at radius 2 is 1.77 bits per heavy atom. The third-order valence-corrected chi connectivity index (χ3v) is 5.11. The Balaban J connectivity index is 2.23. The Morgan fingerprint density at radius 3 is 2.31 bits per heavy atom. The van der Waals surface area contributed by atoms with Crippen molar-refractivity contribution in [2.75, 3.05) is 13.7 Å². The van der Waals surface area contributed by atoms with Crippen LogP contribution < -0.4 is 4.74 Å². The Bertz CT molecular complexity index is 766. The van der Waals surface area contributed by atoms with E-state index in [0.29, 0.717) is 13.1 Å². The van der Waals surface area contributed by atoms with E-state index < -0.39 is 5.97 Å². The second-order valence-electron chi connectivity index (χ2n) is 6.70. The normalized spacial score (nSPS) is 11.0. The van der Waals surface area contributed by atoms with E-state index in [4.69, 9.17) is 9.84 Å². The van der Waals surface area contributed by atoms with E-state index in [1.165, 1.54) is 22.3 Å². The summed E-state index contributed by atoms with van der Waals surface area (Å²) in [6.45, 7) is 8.26. The van der Waals surface area contributed by atoms with Gasteiger partial charge in [0.2, 0.25) is 0 Å². The van der Waals surface area contributed by atoms with Gasteiger partial charge in [-0.15, -0.1) is 0 Å². The van der Waals surface area contributed by atoms with E-state index in [-0.39, 0.29) is 6.42 Å². The minimum absolute atomic E-state index is 0.126. The minimum atomic E-state index is -0.775. The summed E-state index contributed by atoms with van der Waals surface area (Å²) in [5.41, 5.74) is 6.14. The van der Waals surface area contributed by atoms with Gasteiger partial charge in [-0.05, 0) is 71.1 Å². The number of hydrogen-bond acceptors (Lipinski definition) is 3. The number of nitrogens with zero attached hydrogens (tertiary/aromatic N) is 1. The molecule has 5 heteroatoms. The first-order valence-corrected chi connectivity index (χ1v) is 9.42. The number of aryl methyl sites for hydroxylation is 3. The highest BCUT2D eigenvalue weighted by atomic mass is 79.9. The van der Waals surface area contributed by atoms with Crippen molar-refractivity contribution in [3.8, 4) is 5.75 Å². The van der Waals surface area contributed by atoms with Crippen molar-refractivity contribution >= 4 is 21.9 Å². The average molecular weight is 420 g/mol. The number of aliphatic carboxylic acids is 1. The number of carboxylic acid groups (broad SMARTS) is 1. The van der Waals surface area contributed by atoms with Gasteiger partial charge in [-0.2, -0.15) is 0 Å². The van der Waals surface area contributed by atoms with Crippen LogP contribution in [0, 0.1) is 20.8 Å². The third-order valence-electron chi connectivity index (χ3n) is 4.49. The monoisotopic (exact) mass is 419 g/mol. The molecular formula is C21H26BrNO3. The molecule has 1 N–H and O–H groups in total. The van der Waals surface area contributed by atoms with Crippen LogP contribution in [0.1, 0.15) is 34.2 Å². The first-order valence-electron chi connectivity index (χ1n) is 8.63. The zero-order chi connectivity index (χ0) is 19.3. The van der Waals surface area contributed by atoms with Gasteiger partial charge in [0, 0.05) is 19.6 Å². The molecule has 26 heavy (non-hydrogen) atoms. The number of benzene rings is 2. The van der Waals surface area contributed by atoms with Crippen molar-refractivity contribution in [2.24, 2.45) is 0 Å². The maximum absolute atomic E-state index is 11.1. The van der Waals surface area contributed by atoms with Crippen LogP contribution >= 0.6 is 15.9 Å². The number of carbonyl (C=O) groups is 1. The zero-order valence-corrected chi connectivity index (χ0v) is 17.4. The summed E-state index contributed by atoms with van der Waals surface area (Å²) in [4.78, 5) is 13.3. The number of methoxy groups -OCH3 is 1. The first kappa shape index (κ1) is 20.5. The molecule has 0 saturated heterocycles. The average Bonchev–Trinajstić information content (AvgIpc) is 2.55. The molecule has 0 aliphatic carbocycles. The van der Waals surface area contributed by atoms with Gasteiger partial charge in [0.1, 0.15) is 5.75 Å². The van der Waals surface area contributed by atoms with Crippen molar-refractivity contribution in [3.63, 3.8) is 0 Å². The van der Waals surface area contributed by atoms with Crippen LogP contribution in [-0.2, 0) is 17.9 Å². The Hall–Kier alpha value is -1.85. The number of halogens is 1. The van der Waals surface area contributed by atoms with Crippen molar-refractivity contribution in [3.05, 3.63) is 62.6 Å². The molecule has 4 nitrogen and oxygen atoms in total. The van der Waals surface area contributed by atoms with E-state index in [2.05, 4.69) is 53.7 Å². The van der Waals surface area contributed by atoms with Crippen LogP contribution in [0.4, 0.5) is 0 Å². The molecule has 0 amide bonds. The molecule has 0 aliphatic heterocycles. The summed E-state index contributed by atoms with van der Waals surface area (Å²) in [5, 5.41) is 9.10. The Labute approximate surface area is 163 Å². The van der Waals surface area contributed by atoms with Crippen LogP contribution in [-0.4, -0.2) is 29.6 Å². The molecule has 2 rings (SSSR count). The lowest BCUT2D eigenvalue weighted by Crippen LogP contribution is -2.26. The second-order valence-corrected chi connectivity index (χ2v) is 7.55. The van der Waals surface area contributed by atoms with Crippen LogP contribution in [0.5, 0.6) is 5.75 Å². The fourth-order valence-corrected chi connectivity index (χ4v) is 3.81. The Kier molecular flexibility index (Phi) is 7.23. The molecule has 140 valence electrons. The smallest absolute Gasteiger partial charge is 0.304 e. The van der Waals surface area contributed by atoms with Crippen molar-refractivity contribution in [1.82, 2.24) is 4.90 Å². The van der Waals surface area contributed by atoms with Gasteiger partial charge in [-0.25, -0.2) is 0 Å². The molecular weight excluding hydrogens is 394 g/mol. The summed E-state index contributed by atoms with van der Waals surface area (Å²) < 4.78 is 6.19. The van der Waals surface area contributed by atoms with Gasteiger partial charge < -0.3 is 9.84 Å². The van der Waals surface area contributed by atoms with Gasteiger partial charge in [0.25, 0.3) is 0 Å². The van der Waals surface area contributed by atoms with Crippen LogP contribution in [0.15, 0.2) is 34.8 Å². The predicted octanol–water partition coefficient (Wildman–Crippen LogP) is 4.86. The summed E-state index contributed by atoms with van der Waals surface area (Å²) in [6, 6.07) is 10.3. The van der Waals surface area contributed by atoms with E-state index in [9.17, 15) is 4.79 Å². The molecule has 0 spiro atoms. The number of rotatable bonds is 8. The van der Waals surface area contributed by atoms with E-state index in [0.717, 1.165) is 22.3 Å². The van der Waals surface area contributed by atoms with Gasteiger partial charge in [-0.1, -0.05) is 23.8 Å². The van der Waals surface area contributed by atoms with E-state index >= 15 is 0 Å². The molecule has 0 fully saturated rings. The third kappa shape index (κ3) is 5.58. The summed E-state index contributed by atoms with van der Waals surface area (Å²) >= 11 is 3.52. The van der Waals surface area contributed by atoms with Crippen molar-refractivity contribution in [1.29, 1.82) is 0 Å². The predicted molar refractivity (Wildman–Crippen MR) is 108 cm³/mol. The van der Waals surface area contributed by atoms with Gasteiger partial charge in [0.15, 0.2) is 0 Å². The number of hydrogen-bond donors (Lipinski definition) is 1. The second kappa shape index (κ2) is 9.19. The lowest BCUT2D eigenvalue weighted by atomic mass is 9.99. The number of ether oxygens (including phenoxy) is 1. The molecule has 0 aromatic heterocycles. The lowest BCUT2D eigenvalue weighted by molar-refractivity contribution is -0.137. The molecule has 0 bridgehead atoms. The maximum atomic E-state index is 11.1. The van der Waals surface area contributed by atoms with E-state index in [1.54, 1.807) is 7.11 Å². The highest BCUT2D eigenvalue weighted by Crippen LogP contribution is 2.27. The fraction of sp³-hybridized carbons (Fsp3) is 0.381. The standard InChI is InChI=1S/C21H26BrNO3/c1-14-9-15(2)18(16(3)10-14)13-23(8-7-21(24)25)12-17-5-6-20(26-4)19(22)11-17/h5-6,9-11H,7-8,12-13H2,1-4H3,(H,24,25). The largest absolute Gasteiger partial charge is 0.496 e. The molecule has 0 aliphatic rings. The topological polar surface area (TPSA) is 49.8 Å². The van der Waals surface area contributed by atoms with Crippen LogP contribution in [0.2, 0.25) is 0 Å². The lowest BCUT2D eigenvalue weighted by Gasteiger charge is -2.24. The fourth-order valence-electron chi connectivity index (χ4n) is 3.22. The maximum Gasteiger partial charge on any atom is 0.304 e.